The van der Waals surface area contributed by atoms with Crippen molar-refractivity contribution in [1.82, 2.24) is 9.88 Å². The van der Waals surface area contributed by atoms with E-state index in [0.717, 1.165) is 34.9 Å². The van der Waals surface area contributed by atoms with E-state index in [1.54, 1.807) is 18.3 Å². The van der Waals surface area contributed by atoms with Crippen LogP contribution >= 0.6 is 11.6 Å². The number of aromatic nitrogens is 1. The fourth-order valence-corrected chi connectivity index (χ4v) is 4.20. The lowest BCUT2D eigenvalue weighted by atomic mass is 9.87. The highest BCUT2D eigenvalue weighted by molar-refractivity contribution is 6.30. The molecule has 1 fully saturated rings. The van der Waals surface area contributed by atoms with Crippen LogP contribution in [0.5, 0.6) is 0 Å². The zero-order valence-corrected chi connectivity index (χ0v) is 16.5. The average Bonchev–Trinajstić information content (AvgIpc) is 2.73. The highest BCUT2D eigenvalue weighted by Crippen LogP contribution is 2.33. The highest BCUT2D eigenvalue weighted by atomic mass is 35.5. The molecular weight excluding hydrogens is 375 g/mol. The van der Waals surface area contributed by atoms with Crippen molar-refractivity contribution in [2.24, 2.45) is 0 Å². The molecule has 1 unspecified atom stereocenters. The van der Waals surface area contributed by atoms with Crippen LogP contribution in [0.25, 0.3) is 10.9 Å². The number of rotatable bonds is 3. The summed E-state index contributed by atoms with van der Waals surface area (Å²) in [7, 11) is 0. The molecule has 0 radical (unpaired) electrons. The van der Waals surface area contributed by atoms with Crippen LogP contribution in [0.1, 0.15) is 42.7 Å². The van der Waals surface area contributed by atoms with Gasteiger partial charge in [0.2, 0.25) is 5.91 Å². The van der Waals surface area contributed by atoms with Gasteiger partial charge in [0, 0.05) is 29.7 Å². The topological polar surface area (TPSA) is 33.2 Å². The minimum atomic E-state index is -0.244. The molecule has 1 aromatic heterocycles. The first-order chi connectivity index (χ1) is 13.5. The summed E-state index contributed by atoms with van der Waals surface area (Å²) in [6, 6.07) is 14.2. The lowest BCUT2D eigenvalue weighted by Crippen LogP contribution is -2.40. The molecule has 4 rings (SSSR count). The van der Waals surface area contributed by atoms with Crippen molar-refractivity contribution in [3.63, 3.8) is 0 Å². The molecule has 1 saturated heterocycles. The van der Waals surface area contributed by atoms with E-state index in [9.17, 15) is 9.18 Å². The summed E-state index contributed by atoms with van der Waals surface area (Å²) >= 11 is 5.95. The number of hydrogen-bond acceptors (Lipinski definition) is 2. The number of nitrogens with zero attached hydrogens (tertiary/aromatic N) is 2. The molecule has 1 amide bonds. The summed E-state index contributed by atoms with van der Waals surface area (Å²) in [6.45, 7) is 3.36. The molecule has 28 heavy (non-hydrogen) atoms. The number of fused-ring (bicyclic) bond motifs is 1. The van der Waals surface area contributed by atoms with Crippen molar-refractivity contribution in [3.8, 4) is 0 Å². The van der Waals surface area contributed by atoms with Gasteiger partial charge < -0.3 is 4.90 Å². The minimum Gasteiger partial charge on any atom is -0.342 e. The summed E-state index contributed by atoms with van der Waals surface area (Å²) in [5.41, 5.74) is 2.92. The molecule has 2 aromatic carbocycles. The third kappa shape index (κ3) is 3.74. The van der Waals surface area contributed by atoms with E-state index in [2.05, 4.69) is 4.98 Å². The summed E-state index contributed by atoms with van der Waals surface area (Å²) in [5.74, 6) is 0.0180. The first-order valence-corrected chi connectivity index (χ1v) is 9.99. The first kappa shape index (κ1) is 18.9. The van der Waals surface area contributed by atoms with Crippen LogP contribution in [0, 0.1) is 5.82 Å². The Balaban J connectivity index is 1.47. The number of carbonyl (C=O) groups excluding carboxylic acids is 1. The van der Waals surface area contributed by atoms with E-state index in [0.29, 0.717) is 24.0 Å². The van der Waals surface area contributed by atoms with Crippen molar-refractivity contribution in [2.45, 2.75) is 31.6 Å². The molecule has 3 aromatic rings. The monoisotopic (exact) mass is 396 g/mol. The van der Waals surface area contributed by atoms with Crippen LogP contribution in [0.3, 0.4) is 0 Å². The minimum absolute atomic E-state index is 0.145. The Bertz CT molecular complexity index is 997. The number of amides is 1. The first-order valence-electron chi connectivity index (χ1n) is 9.61. The number of benzene rings is 2. The van der Waals surface area contributed by atoms with E-state index in [1.807, 2.05) is 42.2 Å². The highest BCUT2D eigenvalue weighted by Gasteiger charge is 2.28. The van der Waals surface area contributed by atoms with Crippen molar-refractivity contribution in [2.75, 3.05) is 13.1 Å². The average molecular weight is 397 g/mol. The van der Waals surface area contributed by atoms with Gasteiger partial charge in [0.05, 0.1) is 11.4 Å². The van der Waals surface area contributed by atoms with Crippen molar-refractivity contribution in [1.29, 1.82) is 0 Å². The maximum atomic E-state index is 13.7. The smallest absolute Gasteiger partial charge is 0.229 e. The standard InChI is InChI=1S/C23H22ClFN2O/c1-15(16-2-4-18(24)5-3-16)23(28)27-12-9-17(10-13-27)20-8-11-26-22-7-6-19(25)14-21(20)22/h2-8,11,14-15,17H,9-10,12-13H2,1H3. The maximum absolute atomic E-state index is 13.7. The number of hydrogen-bond donors (Lipinski definition) is 0. The fraction of sp³-hybridized carbons (Fsp3) is 0.304. The van der Waals surface area contributed by atoms with Crippen LogP contribution in [-0.2, 0) is 4.79 Å². The normalized spacial score (nSPS) is 16.3. The molecule has 1 aliphatic rings. The largest absolute Gasteiger partial charge is 0.342 e. The molecule has 0 spiro atoms. The third-order valence-electron chi connectivity index (χ3n) is 5.72. The van der Waals surface area contributed by atoms with Gasteiger partial charge in [-0.3, -0.25) is 9.78 Å². The van der Waals surface area contributed by atoms with Gasteiger partial charge in [0.1, 0.15) is 5.82 Å². The predicted octanol–water partition coefficient (Wildman–Crippen LogP) is 5.54. The SMILES string of the molecule is CC(C(=O)N1CCC(c2ccnc3ccc(F)cc23)CC1)c1ccc(Cl)cc1. The second-order valence-electron chi connectivity index (χ2n) is 7.43. The Hall–Kier alpha value is -2.46. The van der Waals surface area contributed by atoms with E-state index in [4.69, 9.17) is 11.6 Å². The fourth-order valence-electron chi connectivity index (χ4n) is 4.07. The number of halogens is 2. The Morgan fingerprint density at radius 3 is 2.57 bits per heavy atom. The molecule has 0 bridgehead atoms. The third-order valence-corrected chi connectivity index (χ3v) is 5.98. The van der Waals surface area contributed by atoms with Gasteiger partial charge in [-0.1, -0.05) is 23.7 Å². The molecule has 0 N–H and O–H groups in total. The maximum Gasteiger partial charge on any atom is 0.229 e. The molecule has 1 aliphatic heterocycles. The van der Waals surface area contributed by atoms with Gasteiger partial charge in [0.15, 0.2) is 0 Å². The van der Waals surface area contributed by atoms with Gasteiger partial charge in [-0.25, -0.2) is 4.39 Å². The summed E-state index contributed by atoms with van der Waals surface area (Å²) in [4.78, 5) is 19.2. The molecule has 0 saturated carbocycles. The van der Waals surface area contributed by atoms with Crippen LogP contribution in [0.15, 0.2) is 54.7 Å². The summed E-state index contributed by atoms with van der Waals surface area (Å²) < 4.78 is 13.7. The van der Waals surface area contributed by atoms with Gasteiger partial charge in [0.25, 0.3) is 0 Å². The lowest BCUT2D eigenvalue weighted by molar-refractivity contribution is -0.133. The Morgan fingerprint density at radius 1 is 1.14 bits per heavy atom. The van der Waals surface area contributed by atoms with Crippen LogP contribution in [0.4, 0.5) is 4.39 Å². The van der Waals surface area contributed by atoms with Gasteiger partial charge in [-0.2, -0.15) is 0 Å². The molecule has 1 atom stereocenters. The molecule has 3 nitrogen and oxygen atoms in total. The van der Waals surface area contributed by atoms with Crippen LogP contribution < -0.4 is 0 Å². The predicted molar refractivity (Wildman–Crippen MR) is 110 cm³/mol. The van der Waals surface area contributed by atoms with Gasteiger partial charge >= 0.3 is 0 Å². The zero-order valence-electron chi connectivity index (χ0n) is 15.7. The number of carbonyl (C=O) groups is 1. The number of likely N-dealkylation sites (tertiary alicyclic amines) is 1. The number of pyridine rings is 1. The van der Waals surface area contributed by atoms with Gasteiger partial charge in [-0.15, -0.1) is 0 Å². The summed E-state index contributed by atoms with van der Waals surface area (Å²) in [6.07, 6.45) is 3.53. The Kier molecular flexibility index (Phi) is 5.31. The van der Waals surface area contributed by atoms with Crippen molar-refractivity contribution >= 4 is 28.4 Å². The van der Waals surface area contributed by atoms with Gasteiger partial charge in [-0.05, 0) is 73.2 Å². The molecule has 0 aliphatic carbocycles. The molecular formula is C23H22ClFN2O. The number of piperidine rings is 1. The summed E-state index contributed by atoms with van der Waals surface area (Å²) in [5, 5.41) is 1.55. The lowest BCUT2D eigenvalue weighted by Gasteiger charge is -2.34. The molecule has 2 heterocycles. The van der Waals surface area contributed by atoms with E-state index in [-0.39, 0.29) is 17.6 Å². The second kappa shape index (κ2) is 7.88. The molecule has 5 heteroatoms. The van der Waals surface area contributed by atoms with Crippen molar-refractivity contribution in [3.05, 3.63) is 76.7 Å². The van der Waals surface area contributed by atoms with E-state index < -0.39 is 0 Å². The van der Waals surface area contributed by atoms with E-state index in [1.165, 1.54) is 6.07 Å². The Morgan fingerprint density at radius 2 is 1.86 bits per heavy atom. The zero-order chi connectivity index (χ0) is 19.7. The van der Waals surface area contributed by atoms with Crippen LogP contribution in [-0.4, -0.2) is 28.9 Å². The van der Waals surface area contributed by atoms with E-state index >= 15 is 0 Å². The molecule has 144 valence electrons. The van der Waals surface area contributed by atoms with Crippen molar-refractivity contribution < 1.29 is 9.18 Å². The quantitative estimate of drug-likeness (QED) is 0.582. The second-order valence-corrected chi connectivity index (χ2v) is 7.87. The Labute approximate surface area is 169 Å². The van der Waals surface area contributed by atoms with Crippen LogP contribution in [0.2, 0.25) is 5.02 Å².